The molecule has 3 aliphatic carbocycles. The summed E-state index contributed by atoms with van der Waals surface area (Å²) in [6.45, 7) is 0.677. The Kier molecular flexibility index (Phi) is 5.79. The molecule has 2 heterocycles. The van der Waals surface area contributed by atoms with Crippen LogP contribution in [-0.4, -0.2) is 53.1 Å². The second kappa shape index (κ2) is 8.65. The summed E-state index contributed by atoms with van der Waals surface area (Å²) in [5, 5.41) is 3.00. The van der Waals surface area contributed by atoms with Gasteiger partial charge in [0.2, 0.25) is 0 Å². The molecule has 2 aromatic rings. The van der Waals surface area contributed by atoms with Crippen molar-refractivity contribution in [2.75, 3.05) is 24.6 Å². The maximum Gasteiger partial charge on any atom is 0.326 e. The fourth-order valence-corrected chi connectivity index (χ4v) is 5.39. The van der Waals surface area contributed by atoms with Gasteiger partial charge in [0.15, 0.2) is 6.61 Å². The lowest BCUT2D eigenvalue weighted by molar-refractivity contribution is -0.125. The zero-order valence-electron chi connectivity index (χ0n) is 18.0. The highest BCUT2D eigenvalue weighted by molar-refractivity contribution is 6.30. The van der Waals surface area contributed by atoms with Gasteiger partial charge in [-0.15, -0.1) is 0 Å². The van der Waals surface area contributed by atoms with Crippen LogP contribution in [0.2, 0.25) is 5.02 Å². The number of anilines is 1. The van der Waals surface area contributed by atoms with Gasteiger partial charge in [-0.3, -0.25) is 9.69 Å². The molecule has 0 spiro atoms. The molecule has 1 N–H and O–H groups in total. The Hall–Kier alpha value is -3.01. The molecule has 1 atom stereocenters. The van der Waals surface area contributed by atoms with Crippen molar-refractivity contribution in [2.24, 2.45) is 5.92 Å². The Morgan fingerprint density at radius 1 is 1.24 bits per heavy atom. The second-order valence-electron chi connectivity index (χ2n) is 9.01. The Morgan fingerprint density at radius 2 is 2.03 bits per heavy atom. The van der Waals surface area contributed by atoms with E-state index in [1.54, 1.807) is 4.90 Å². The summed E-state index contributed by atoms with van der Waals surface area (Å²) in [7, 11) is 0. The predicted molar refractivity (Wildman–Crippen MR) is 118 cm³/mol. The number of nitrogens with zero attached hydrogens (tertiary/aromatic N) is 3. The number of carbonyl (C=O) groups excluding carboxylic acids is 2. The van der Waals surface area contributed by atoms with Gasteiger partial charge in [0.05, 0.1) is 5.02 Å². The molecule has 7 nitrogen and oxygen atoms in total. The maximum atomic E-state index is 13.5. The van der Waals surface area contributed by atoms with Crippen LogP contribution in [0.15, 0.2) is 36.5 Å². The van der Waals surface area contributed by atoms with Crippen LogP contribution in [0, 0.1) is 11.7 Å². The van der Waals surface area contributed by atoms with Crippen LogP contribution in [0.25, 0.3) is 0 Å². The fourth-order valence-electron chi connectivity index (χ4n) is 5.28. The maximum absolute atomic E-state index is 13.5. The molecule has 34 heavy (non-hydrogen) atoms. The number of amides is 3. The summed E-state index contributed by atoms with van der Waals surface area (Å²) < 4.78 is 44.4. The minimum atomic E-state index is -2.61. The summed E-state index contributed by atoms with van der Waals surface area (Å²) in [6, 6.07) is 6.47. The van der Waals surface area contributed by atoms with Gasteiger partial charge >= 0.3 is 6.03 Å². The van der Waals surface area contributed by atoms with Crippen molar-refractivity contribution in [3.05, 3.63) is 52.9 Å². The third-order valence-electron chi connectivity index (χ3n) is 6.86. The molecule has 6 rings (SSSR count). The Morgan fingerprint density at radius 3 is 2.71 bits per heavy atom. The number of fused-ring (bicyclic) bond motifs is 1. The standard InChI is InChI=1S/C23H22ClF3N4O3/c24-16-3-2-15(7-17(16)25)34-12-20(32)29-23-8-14(9-23)18(10-23)30-5-6-31(22(30)33)19-4-1-13(11-28-19)21(26)27/h1-4,7,11,14,18,21H,5-6,8-10,12H2,(H,29,32). The first-order valence-electron chi connectivity index (χ1n) is 11.0. The normalized spacial score (nSPS) is 25.6. The van der Waals surface area contributed by atoms with Crippen LogP contribution in [0.4, 0.5) is 23.8 Å². The van der Waals surface area contributed by atoms with E-state index in [4.69, 9.17) is 16.3 Å². The zero-order chi connectivity index (χ0) is 24.0. The minimum Gasteiger partial charge on any atom is -0.484 e. The number of pyridine rings is 1. The highest BCUT2D eigenvalue weighted by Gasteiger charge is 2.59. The largest absolute Gasteiger partial charge is 0.484 e. The molecule has 1 aromatic heterocycles. The monoisotopic (exact) mass is 494 g/mol. The summed E-state index contributed by atoms with van der Waals surface area (Å²) in [4.78, 5) is 32.8. The third kappa shape index (κ3) is 4.15. The highest BCUT2D eigenvalue weighted by Crippen LogP contribution is 2.54. The van der Waals surface area contributed by atoms with Gasteiger partial charge < -0.3 is 15.0 Å². The molecule has 1 saturated heterocycles. The van der Waals surface area contributed by atoms with E-state index in [0.717, 1.165) is 25.1 Å². The average molecular weight is 495 g/mol. The fraction of sp³-hybridized carbons (Fsp3) is 0.435. The average Bonchev–Trinajstić information content (AvgIpc) is 3.45. The van der Waals surface area contributed by atoms with Crippen molar-refractivity contribution in [1.82, 2.24) is 15.2 Å². The number of alkyl halides is 2. The number of aromatic nitrogens is 1. The number of hydrogen-bond acceptors (Lipinski definition) is 4. The van der Waals surface area contributed by atoms with E-state index in [1.165, 1.54) is 29.2 Å². The molecule has 1 unspecified atom stereocenters. The molecular formula is C23H22ClF3N4O3. The first-order valence-corrected chi connectivity index (χ1v) is 11.3. The number of benzene rings is 1. The quantitative estimate of drug-likeness (QED) is 0.627. The van der Waals surface area contributed by atoms with E-state index in [9.17, 15) is 22.8 Å². The Bertz CT molecular complexity index is 1110. The molecule has 4 fully saturated rings. The minimum absolute atomic E-state index is 0.00980. The van der Waals surface area contributed by atoms with Crippen molar-refractivity contribution in [3.63, 3.8) is 0 Å². The molecule has 3 saturated carbocycles. The van der Waals surface area contributed by atoms with E-state index in [1.807, 2.05) is 0 Å². The van der Waals surface area contributed by atoms with Gasteiger partial charge in [-0.05, 0) is 49.4 Å². The molecule has 0 radical (unpaired) electrons. The van der Waals surface area contributed by atoms with Gasteiger partial charge in [0, 0.05) is 42.5 Å². The molecule has 2 bridgehead atoms. The predicted octanol–water partition coefficient (Wildman–Crippen LogP) is 4.17. The molecular weight excluding hydrogens is 473 g/mol. The first-order chi connectivity index (χ1) is 16.2. The van der Waals surface area contributed by atoms with E-state index < -0.39 is 12.2 Å². The summed E-state index contributed by atoms with van der Waals surface area (Å²) in [5.74, 6) is -0.0933. The van der Waals surface area contributed by atoms with Gasteiger partial charge in [0.25, 0.3) is 12.3 Å². The Labute approximate surface area is 198 Å². The van der Waals surface area contributed by atoms with E-state index in [0.29, 0.717) is 25.3 Å². The van der Waals surface area contributed by atoms with Gasteiger partial charge in [-0.2, -0.15) is 0 Å². The van der Waals surface area contributed by atoms with Gasteiger partial charge in [-0.1, -0.05) is 11.6 Å². The summed E-state index contributed by atoms with van der Waals surface area (Å²) in [5.41, 5.74) is -0.571. The van der Waals surface area contributed by atoms with Crippen LogP contribution >= 0.6 is 11.6 Å². The second-order valence-corrected chi connectivity index (χ2v) is 9.42. The lowest BCUT2D eigenvalue weighted by atomic mass is 9.76. The molecule has 180 valence electrons. The molecule has 4 aliphatic rings. The van der Waals surface area contributed by atoms with Crippen LogP contribution < -0.4 is 15.0 Å². The van der Waals surface area contributed by atoms with Crippen molar-refractivity contribution in [3.8, 4) is 5.75 Å². The number of ether oxygens (including phenoxy) is 1. The molecule has 3 amide bonds. The van der Waals surface area contributed by atoms with Crippen LogP contribution in [-0.2, 0) is 4.79 Å². The van der Waals surface area contributed by atoms with Crippen LogP contribution in [0.1, 0.15) is 31.3 Å². The van der Waals surface area contributed by atoms with Crippen molar-refractivity contribution in [2.45, 2.75) is 37.3 Å². The highest BCUT2D eigenvalue weighted by atomic mass is 35.5. The molecule has 1 aromatic carbocycles. The lowest BCUT2D eigenvalue weighted by Crippen LogP contribution is -2.53. The SMILES string of the molecule is O=C(COc1ccc(Cl)c(F)c1)NC12CC(C1)C(N1CCN(c3ccc(C(F)F)cn3)C1=O)C2. The summed E-state index contributed by atoms with van der Waals surface area (Å²) in [6.07, 6.45) is 0.652. The topological polar surface area (TPSA) is 74.8 Å². The van der Waals surface area contributed by atoms with E-state index in [2.05, 4.69) is 10.3 Å². The number of carbonyl (C=O) groups is 2. The first kappa shape index (κ1) is 22.8. The van der Waals surface area contributed by atoms with Crippen molar-refractivity contribution in [1.29, 1.82) is 0 Å². The van der Waals surface area contributed by atoms with Gasteiger partial charge in [0.1, 0.15) is 17.4 Å². The molecule has 1 aliphatic heterocycles. The summed E-state index contributed by atoms with van der Waals surface area (Å²) >= 11 is 5.65. The number of nitrogens with one attached hydrogen (secondary N) is 1. The van der Waals surface area contributed by atoms with Gasteiger partial charge in [-0.25, -0.2) is 22.9 Å². The Balaban J connectivity index is 1.16. The van der Waals surface area contributed by atoms with Crippen LogP contribution in [0.3, 0.4) is 0 Å². The van der Waals surface area contributed by atoms with E-state index in [-0.39, 0.29) is 52.4 Å². The lowest BCUT2D eigenvalue weighted by Gasteiger charge is -2.39. The zero-order valence-corrected chi connectivity index (χ0v) is 18.8. The number of hydrogen-bond donors (Lipinski definition) is 1. The van der Waals surface area contributed by atoms with Crippen LogP contribution in [0.5, 0.6) is 5.75 Å². The van der Waals surface area contributed by atoms with E-state index >= 15 is 0 Å². The number of urea groups is 1. The number of halogens is 4. The smallest absolute Gasteiger partial charge is 0.326 e. The molecule has 11 heteroatoms. The van der Waals surface area contributed by atoms with Crippen molar-refractivity contribution >= 4 is 29.4 Å². The number of rotatable bonds is 7. The third-order valence-corrected chi connectivity index (χ3v) is 7.16. The van der Waals surface area contributed by atoms with Crippen molar-refractivity contribution < 1.29 is 27.5 Å².